The Morgan fingerprint density at radius 3 is 2.44 bits per heavy atom. The van der Waals surface area contributed by atoms with Crippen LogP contribution in [0.1, 0.15) is 24.2 Å². The Balaban J connectivity index is 2.82. The maximum absolute atomic E-state index is 13.0. The SMILES string of the molecule is CC(O)CN(C)C(C)C(=O)c1ccc(F)c(F)c1. The number of ketones is 1. The first-order valence-corrected chi connectivity index (χ1v) is 5.70. The number of carbonyl (C=O) groups excluding carboxylic acids is 1. The van der Waals surface area contributed by atoms with Gasteiger partial charge in [0.15, 0.2) is 17.4 Å². The molecule has 0 aromatic heterocycles. The fraction of sp³-hybridized carbons (Fsp3) is 0.462. The topological polar surface area (TPSA) is 40.5 Å². The van der Waals surface area contributed by atoms with Crippen LogP contribution in [-0.2, 0) is 0 Å². The van der Waals surface area contributed by atoms with E-state index in [-0.39, 0.29) is 11.3 Å². The van der Waals surface area contributed by atoms with Crippen LogP contribution in [0.25, 0.3) is 0 Å². The second-order valence-corrected chi connectivity index (χ2v) is 4.46. The predicted molar refractivity (Wildman–Crippen MR) is 64.5 cm³/mol. The van der Waals surface area contributed by atoms with Gasteiger partial charge in [-0.05, 0) is 39.1 Å². The van der Waals surface area contributed by atoms with E-state index in [1.54, 1.807) is 25.8 Å². The third kappa shape index (κ3) is 3.58. The van der Waals surface area contributed by atoms with Crippen LogP contribution in [0.5, 0.6) is 0 Å². The average molecular weight is 257 g/mol. The third-order valence-electron chi connectivity index (χ3n) is 2.80. The number of carbonyl (C=O) groups is 1. The second kappa shape index (κ2) is 6.02. The van der Waals surface area contributed by atoms with E-state index in [0.717, 1.165) is 12.1 Å². The summed E-state index contributed by atoms with van der Waals surface area (Å²) in [6.07, 6.45) is -0.560. The first-order chi connectivity index (χ1) is 8.32. The summed E-state index contributed by atoms with van der Waals surface area (Å²) in [4.78, 5) is 13.7. The van der Waals surface area contributed by atoms with E-state index < -0.39 is 23.8 Å². The summed E-state index contributed by atoms with van der Waals surface area (Å²) in [5, 5.41) is 9.24. The van der Waals surface area contributed by atoms with E-state index >= 15 is 0 Å². The van der Waals surface area contributed by atoms with E-state index in [0.29, 0.717) is 6.54 Å². The Hall–Kier alpha value is -1.33. The maximum Gasteiger partial charge on any atom is 0.179 e. The minimum Gasteiger partial charge on any atom is -0.392 e. The number of rotatable bonds is 5. The zero-order valence-electron chi connectivity index (χ0n) is 10.7. The van der Waals surface area contributed by atoms with Crippen molar-refractivity contribution < 1.29 is 18.7 Å². The first kappa shape index (κ1) is 14.7. The molecule has 2 unspecified atom stereocenters. The van der Waals surface area contributed by atoms with Crippen molar-refractivity contribution in [2.45, 2.75) is 26.0 Å². The molecule has 18 heavy (non-hydrogen) atoms. The van der Waals surface area contributed by atoms with Gasteiger partial charge in [-0.3, -0.25) is 9.69 Å². The molecule has 0 saturated heterocycles. The largest absolute Gasteiger partial charge is 0.392 e. The zero-order chi connectivity index (χ0) is 13.9. The molecule has 0 radical (unpaired) electrons. The van der Waals surface area contributed by atoms with Crippen LogP contribution in [0.3, 0.4) is 0 Å². The van der Waals surface area contributed by atoms with Gasteiger partial charge < -0.3 is 5.11 Å². The van der Waals surface area contributed by atoms with Crippen LogP contribution < -0.4 is 0 Å². The summed E-state index contributed by atoms with van der Waals surface area (Å²) >= 11 is 0. The highest BCUT2D eigenvalue weighted by atomic mass is 19.2. The predicted octanol–water partition coefficient (Wildman–Crippen LogP) is 1.85. The third-order valence-corrected chi connectivity index (χ3v) is 2.80. The molecule has 0 heterocycles. The minimum atomic E-state index is -1.04. The molecule has 0 spiro atoms. The molecule has 1 aromatic rings. The van der Waals surface area contributed by atoms with Crippen molar-refractivity contribution in [3.63, 3.8) is 0 Å². The lowest BCUT2D eigenvalue weighted by Crippen LogP contribution is -2.39. The van der Waals surface area contributed by atoms with Crippen molar-refractivity contribution in [3.05, 3.63) is 35.4 Å². The highest BCUT2D eigenvalue weighted by molar-refractivity contribution is 5.99. The van der Waals surface area contributed by atoms with E-state index in [1.807, 2.05) is 0 Å². The molecule has 0 aliphatic rings. The number of aliphatic hydroxyl groups is 1. The van der Waals surface area contributed by atoms with Crippen LogP contribution in [0, 0.1) is 11.6 Å². The van der Waals surface area contributed by atoms with Gasteiger partial charge in [-0.25, -0.2) is 8.78 Å². The molecule has 1 N–H and O–H groups in total. The molecule has 2 atom stereocenters. The van der Waals surface area contributed by atoms with Gasteiger partial charge in [0.25, 0.3) is 0 Å². The Kier molecular flexibility index (Phi) is 4.93. The average Bonchev–Trinajstić information content (AvgIpc) is 2.30. The highest BCUT2D eigenvalue weighted by Gasteiger charge is 2.21. The summed E-state index contributed by atoms with van der Waals surface area (Å²) in [6.45, 7) is 3.60. The number of halogens is 2. The zero-order valence-corrected chi connectivity index (χ0v) is 10.7. The van der Waals surface area contributed by atoms with Gasteiger partial charge in [0.1, 0.15) is 0 Å². The van der Waals surface area contributed by atoms with Gasteiger partial charge in [-0.2, -0.15) is 0 Å². The van der Waals surface area contributed by atoms with Crippen molar-refractivity contribution in [2.75, 3.05) is 13.6 Å². The number of likely N-dealkylation sites (N-methyl/N-ethyl adjacent to an activating group) is 1. The maximum atomic E-state index is 13.0. The van der Waals surface area contributed by atoms with Gasteiger partial charge in [0, 0.05) is 12.1 Å². The van der Waals surface area contributed by atoms with Crippen molar-refractivity contribution in [1.29, 1.82) is 0 Å². The van der Waals surface area contributed by atoms with E-state index in [9.17, 15) is 18.7 Å². The van der Waals surface area contributed by atoms with Gasteiger partial charge in [0.2, 0.25) is 0 Å². The summed E-state index contributed by atoms with van der Waals surface area (Å²) in [5.41, 5.74) is 0.124. The van der Waals surface area contributed by atoms with Crippen molar-refractivity contribution in [3.8, 4) is 0 Å². The first-order valence-electron chi connectivity index (χ1n) is 5.70. The van der Waals surface area contributed by atoms with Crippen molar-refractivity contribution in [1.82, 2.24) is 4.90 Å². The molecule has 100 valence electrons. The summed E-state index contributed by atoms with van der Waals surface area (Å²) in [6, 6.07) is 2.58. The molecule has 0 bridgehead atoms. The molecule has 0 fully saturated rings. The Morgan fingerprint density at radius 2 is 1.94 bits per heavy atom. The van der Waals surface area contributed by atoms with Crippen LogP contribution >= 0.6 is 0 Å². The van der Waals surface area contributed by atoms with Crippen molar-refractivity contribution >= 4 is 5.78 Å². The number of aliphatic hydroxyl groups excluding tert-OH is 1. The smallest absolute Gasteiger partial charge is 0.179 e. The molecule has 1 aromatic carbocycles. The number of Topliss-reactive ketones (excluding diaryl/α,β-unsaturated/α-hetero) is 1. The Labute approximate surface area is 105 Å². The number of nitrogens with zero attached hydrogens (tertiary/aromatic N) is 1. The molecular weight excluding hydrogens is 240 g/mol. The molecule has 0 saturated carbocycles. The summed E-state index contributed by atoms with van der Waals surface area (Å²) in [5.74, 6) is -2.32. The molecule has 1 rings (SSSR count). The van der Waals surface area contributed by atoms with Crippen LogP contribution in [0.2, 0.25) is 0 Å². The molecule has 0 aliphatic carbocycles. The quantitative estimate of drug-likeness (QED) is 0.818. The van der Waals surface area contributed by atoms with Crippen LogP contribution in [-0.4, -0.2) is 41.5 Å². The lowest BCUT2D eigenvalue weighted by Gasteiger charge is -2.24. The standard InChI is InChI=1S/C13H17F2NO2/c1-8(17)7-16(3)9(2)13(18)10-4-5-11(14)12(15)6-10/h4-6,8-9,17H,7H2,1-3H3. The summed E-state index contributed by atoms with van der Waals surface area (Å²) in [7, 11) is 1.69. The van der Waals surface area contributed by atoms with E-state index in [1.165, 1.54) is 6.07 Å². The molecule has 5 heteroatoms. The molecule has 0 amide bonds. The Morgan fingerprint density at radius 1 is 1.33 bits per heavy atom. The Bertz CT molecular complexity index is 435. The van der Waals surface area contributed by atoms with Crippen LogP contribution in [0.4, 0.5) is 8.78 Å². The minimum absolute atomic E-state index is 0.124. The van der Waals surface area contributed by atoms with Gasteiger partial charge >= 0.3 is 0 Å². The number of hydrogen-bond acceptors (Lipinski definition) is 3. The lowest BCUT2D eigenvalue weighted by atomic mass is 10.0. The summed E-state index contributed by atoms with van der Waals surface area (Å²) < 4.78 is 25.8. The molecule has 3 nitrogen and oxygen atoms in total. The number of hydrogen-bond donors (Lipinski definition) is 1. The van der Waals surface area contributed by atoms with Crippen molar-refractivity contribution in [2.24, 2.45) is 0 Å². The molecule has 0 aliphatic heterocycles. The van der Waals surface area contributed by atoms with E-state index in [4.69, 9.17) is 0 Å². The highest BCUT2D eigenvalue weighted by Crippen LogP contribution is 2.12. The van der Waals surface area contributed by atoms with E-state index in [2.05, 4.69) is 0 Å². The fourth-order valence-electron chi connectivity index (χ4n) is 1.67. The van der Waals surface area contributed by atoms with Gasteiger partial charge in [-0.1, -0.05) is 0 Å². The molecular formula is C13H17F2NO2. The van der Waals surface area contributed by atoms with Gasteiger partial charge in [0.05, 0.1) is 12.1 Å². The van der Waals surface area contributed by atoms with Gasteiger partial charge in [-0.15, -0.1) is 0 Å². The van der Waals surface area contributed by atoms with Crippen LogP contribution in [0.15, 0.2) is 18.2 Å². The number of benzene rings is 1. The fourth-order valence-corrected chi connectivity index (χ4v) is 1.67. The second-order valence-electron chi connectivity index (χ2n) is 4.46. The monoisotopic (exact) mass is 257 g/mol. The lowest BCUT2D eigenvalue weighted by molar-refractivity contribution is 0.0788. The normalized spacial score (nSPS) is 14.6.